The fourth-order valence-electron chi connectivity index (χ4n) is 3.25. The standard InChI is InChI=1S/C17H19ClN6O2/c1-3-19-17(25)15-13-7-23-14(8-26-2)21-22-16(23)11-6-10(18)4-5-12(11)24(13)9-20-15/h4-6,9,17,19,25H,3,7-8H2,1-2H3. The van der Waals surface area contributed by atoms with Gasteiger partial charge in [0.2, 0.25) is 0 Å². The highest BCUT2D eigenvalue weighted by Crippen LogP contribution is 2.34. The minimum atomic E-state index is -0.851. The molecule has 1 unspecified atom stereocenters. The van der Waals surface area contributed by atoms with Gasteiger partial charge in [-0.3, -0.25) is 5.32 Å². The Morgan fingerprint density at radius 3 is 3.00 bits per heavy atom. The van der Waals surface area contributed by atoms with Crippen molar-refractivity contribution in [3.05, 3.63) is 46.8 Å². The summed E-state index contributed by atoms with van der Waals surface area (Å²) in [6.07, 6.45) is 0.865. The number of aliphatic hydroxyl groups is 1. The van der Waals surface area contributed by atoms with Crippen LogP contribution in [0.15, 0.2) is 24.5 Å². The van der Waals surface area contributed by atoms with Gasteiger partial charge in [0.05, 0.1) is 24.3 Å². The molecule has 1 aliphatic heterocycles. The lowest BCUT2D eigenvalue weighted by Gasteiger charge is -2.13. The van der Waals surface area contributed by atoms with Crippen molar-refractivity contribution in [3.8, 4) is 17.1 Å². The van der Waals surface area contributed by atoms with E-state index in [9.17, 15) is 5.11 Å². The number of aromatic nitrogens is 5. The summed E-state index contributed by atoms with van der Waals surface area (Å²) in [5.41, 5.74) is 3.19. The van der Waals surface area contributed by atoms with Gasteiger partial charge in [-0.25, -0.2) is 4.98 Å². The van der Waals surface area contributed by atoms with Crippen molar-refractivity contribution in [2.75, 3.05) is 13.7 Å². The Morgan fingerprint density at radius 2 is 2.23 bits per heavy atom. The first kappa shape index (κ1) is 17.2. The van der Waals surface area contributed by atoms with Crippen molar-refractivity contribution < 1.29 is 9.84 Å². The summed E-state index contributed by atoms with van der Waals surface area (Å²) in [6, 6.07) is 5.61. The zero-order chi connectivity index (χ0) is 18.3. The van der Waals surface area contributed by atoms with E-state index >= 15 is 0 Å². The number of aliphatic hydroxyl groups excluding tert-OH is 1. The summed E-state index contributed by atoms with van der Waals surface area (Å²) in [7, 11) is 1.62. The smallest absolute Gasteiger partial charge is 0.166 e. The average Bonchev–Trinajstić information content (AvgIpc) is 3.18. The maximum absolute atomic E-state index is 10.4. The summed E-state index contributed by atoms with van der Waals surface area (Å²) in [4.78, 5) is 4.44. The maximum Gasteiger partial charge on any atom is 0.166 e. The van der Waals surface area contributed by atoms with Gasteiger partial charge in [0.15, 0.2) is 11.6 Å². The molecule has 0 saturated heterocycles. The number of nitrogens with one attached hydrogen (secondary N) is 1. The lowest BCUT2D eigenvalue weighted by molar-refractivity contribution is 0.136. The van der Waals surface area contributed by atoms with Gasteiger partial charge in [0.1, 0.15) is 18.5 Å². The minimum Gasteiger partial charge on any atom is -0.377 e. The maximum atomic E-state index is 10.4. The molecular weight excluding hydrogens is 356 g/mol. The summed E-state index contributed by atoms with van der Waals surface area (Å²) < 4.78 is 9.20. The van der Waals surface area contributed by atoms with E-state index in [0.717, 1.165) is 16.9 Å². The molecule has 26 heavy (non-hydrogen) atoms. The highest BCUT2D eigenvalue weighted by molar-refractivity contribution is 6.31. The molecule has 2 aromatic heterocycles. The first-order valence-corrected chi connectivity index (χ1v) is 8.70. The van der Waals surface area contributed by atoms with Crippen LogP contribution in [0.2, 0.25) is 5.02 Å². The Kier molecular flexibility index (Phi) is 4.49. The summed E-state index contributed by atoms with van der Waals surface area (Å²) in [6.45, 7) is 3.36. The number of ether oxygens (including phenoxy) is 1. The molecule has 1 aliphatic rings. The molecule has 0 amide bonds. The Hall–Kier alpha value is -2.26. The molecule has 136 valence electrons. The number of hydrogen-bond acceptors (Lipinski definition) is 6. The third-order valence-electron chi connectivity index (χ3n) is 4.42. The van der Waals surface area contributed by atoms with Crippen LogP contribution in [0, 0.1) is 0 Å². The molecule has 2 N–H and O–H groups in total. The van der Waals surface area contributed by atoms with Gasteiger partial charge in [-0.05, 0) is 24.7 Å². The van der Waals surface area contributed by atoms with Crippen LogP contribution in [0.25, 0.3) is 17.1 Å². The van der Waals surface area contributed by atoms with Crippen molar-refractivity contribution in [2.24, 2.45) is 0 Å². The van der Waals surface area contributed by atoms with Gasteiger partial charge in [-0.15, -0.1) is 10.2 Å². The Bertz CT molecular complexity index is 951. The van der Waals surface area contributed by atoms with Crippen molar-refractivity contribution >= 4 is 11.6 Å². The molecule has 9 heteroatoms. The fourth-order valence-corrected chi connectivity index (χ4v) is 3.43. The number of nitrogens with zero attached hydrogens (tertiary/aromatic N) is 5. The zero-order valence-electron chi connectivity index (χ0n) is 14.5. The SMILES string of the molecule is CCNC(O)c1ncn2c1Cn1c(COC)nnc1-c1cc(Cl)ccc1-2. The van der Waals surface area contributed by atoms with E-state index in [0.29, 0.717) is 42.1 Å². The van der Waals surface area contributed by atoms with Crippen LogP contribution in [0.5, 0.6) is 0 Å². The van der Waals surface area contributed by atoms with Gasteiger partial charge < -0.3 is 19.0 Å². The van der Waals surface area contributed by atoms with Crippen LogP contribution >= 0.6 is 11.6 Å². The second-order valence-electron chi connectivity index (χ2n) is 6.03. The highest BCUT2D eigenvalue weighted by atomic mass is 35.5. The summed E-state index contributed by atoms with van der Waals surface area (Å²) in [5.74, 6) is 1.41. The monoisotopic (exact) mass is 374 g/mol. The van der Waals surface area contributed by atoms with Gasteiger partial charge in [-0.2, -0.15) is 0 Å². The van der Waals surface area contributed by atoms with Crippen LogP contribution in [0.4, 0.5) is 0 Å². The van der Waals surface area contributed by atoms with E-state index < -0.39 is 6.23 Å². The Morgan fingerprint density at radius 1 is 1.38 bits per heavy atom. The normalized spacial score (nSPS) is 13.7. The van der Waals surface area contributed by atoms with E-state index in [2.05, 4.69) is 20.5 Å². The first-order valence-electron chi connectivity index (χ1n) is 8.33. The molecule has 0 fully saturated rings. The second kappa shape index (κ2) is 6.81. The molecule has 3 aromatic rings. The number of imidazole rings is 1. The van der Waals surface area contributed by atoms with Crippen molar-refractivity contribution in [1.29, 1.82) is 0 Å². The van der Waals surface area contributed by atoms with Gasteiger partial charge in [-0.1, -0.05) is 18.5 Å². The molecule has 0 bridgehead atoms. The molecule has 0 saturated carbocycles. The molecule has 4 rings (SSSR count). The quantitative estimate of drug-likeness (QED) is 0.518. The van der Waals surface area contributed by atoms with E-state index in [4.69, 9.17) is 16.3 Å². The van der Waals surface area contributed by atoms with Crippen LogP contribution in [-0.4, -0.2) is 43.1 Å². The third-order valence-corrected chi connectivity index (χ3v) is 4.66. The molecule has 1 atom stereocenters. The average molecular weight is 375 g/mol. The second-order valence-corrected chi connectivity index (χ2v) is 6.46. The van der Waals surface area contributed by atoms with Crippen LogP contribution in [-0.2, 0) is 17.9 Å². The molecule has 0 radical (unpaired) electrons. The van der Waals surface area contributed by atoms with E-state index in [1.807, 2.05) is 34.3 Å². The van der Waals surface area contributed by atoms with Gasteiger partial charge >= 0.3 is 0 Å². The first-order chi connectivity index (χ1) is 12.6. The van der Waals surface area contributed by atoms with Crippen LogP contribution in [0.3, 0.4) is 0 Å². The lowest BCUT2D eigenvalue weighted by atomic mass is 10.1. The molecule has 1 aromatic carbocycles. The molecular formula is C17H19ClN6O2. The number of fused-ring (bicyclic) bond motifs is 5. The third kappa shape index (κ3) is 2.71. The predicted molar refractivity (Wildman–Crippen MR) is 96.0 cm³/mol. The Balaban J connectivity index is 1.95. The van der Waals surface area contributed by atoms with Crippen LogP contribution < -0.4 is 5.32 Å². The predicted octanol–water partition coefficient (Wildman–Crippen LogP) is 1.89. The van der Waals surface area contributed by atoms with Crippen molar-refractivity contribution in [1.82, 2.24) is 29.6 Å². The lowest BCUT2D eigenvalue weighted by Crippen LogP contribution is -2.22. The highest BCUT2D eigenvalue weighted by Gasteiger charge is 2.27. The number of benzene rings is 1. The fraction of sp³-hybridized carbons (Fsp3) is 0.353. The zero-order valence-corrected chi connectivity index (χ0v) is 15.2. The van der Waals surface area contributed by atoms with E-state index in [-0.39, 0.29) is 0 Å². The number of halogens is 1. The Labute approximate surface area is 155 Å². The molecule has 3 heterocycles. The van der Waals surface area contributed by atoms with Gasteiger partial charge in [0.25, 0.3) is 0 Å². The number of rotatable bonds is 5. The molecule has 0 spiro atoms. The summed E-state index contributed by atoms with van der Waals surface area (Å²) in [5, 5.41) is 22.7. The van der Waals surface area contributed by atoms with Crippen LogP contribution in [0.1, 0.15) is 30.4 Å². The number of hydrogen-bond donors (Lipinski definition) is 2. The molecule has 8 nitrogen and oxygen atoms in total. The topological polar surface area (TPSA) is 90.0 Å². The van der Waals surface area contributed by atoms with E-state index in [1.54, 1.807) is 13.4 Å². The molecule has 0 aliphatic carbocycles. The van der Waals surface area contributed by atoms with E-state index in [1.165, 1.54) is 0 Å². The summed E-state index contributed by atoms with van der Waals surface area (Å²) >= 11 is 6.23. The van der Waals surface area contributed by atoms with Crippen molar-refractivity contribution in [3.63, 3.8) is 0 Å². The minimum absolute atomic E-state index is 0.335. The van der Waals surface area contributed by atoms with Crippen molar-refractivity contribution in [2.45, 2.75) is 26.3 Å². The number of methoxy groups -OCH3 is 1. The largest absolute Gasteiger partial charge is 0.377 e. The van der Waals surface area contributed by atoms with Gasteiger partial charge in [0, 0.05) is 17.7 Å².